The highest BCUT2D eigenvalue weighted by Crippen LogP contribution is 2.30. The smallest absolute Gasteiger partial charge is 0.419 e. The number of carbonyl (C=O) groups excluding carboxylic acids is 5. The summed E-state index contributed by atoms with van der Waals surface area (Å²) in [5, 5.41) is 10.4. The Bertz CT molecular complexity index is 1600. The number of hydrogen-bond donors (Lipinski definition) is 3. The van der Waals surface area contributed by atoms with E-state index < -0.39 is 46.9 Å². The Hall–Kier alpha value is -3.93. The Morgan fingerprint density at radius 2 is 1.48 bits per heavy atom. The zero-order chi connectivity index (χ0) is 37.4. The van der Waals surface area contributed by atoms with Crippen LogP contribution in [0, 0.1) is 17.3 Å². The average molecular weight is 696 g/mol. The number of rotatable bonds is 4. The number of para-hydroxylation sites is 1. The third-order valence-corrected chi connectivity index (χ3v) is 8.93. The van der Waals surface area contributed by atoms with Crippen LogP contribution in [0.25, 0.3) is 10.9 Å². The van der Waals surface area contributed by atoms with E-state index in [2.05, 4.69) is 16.0 Å². The lowest BCUT2D eigenvalue weighted by Crippen LogP contribution is -2.77. The summed E-state index contributed by atoms with van der Waals surface area (Å²) in [5.74, 6) is -1.69. The maximum atomic E-state index is 14.3. The number of fused-ring (bicyclic) bond motifs is 1. The number of ether oxygens (including phenoxy) is 2. The van der Waals surface area contributed by atoms with E-state index in [4.69, 9.17) is 9.47 Å². The molecule has 0 aliphatic carbocycles. The number of likely N-dealkylation sites (tertiary alicyclic amines) is 1. The molecule has 2 saturated heterocycles. The number of benzene rings is 1. The molecule has 2 aliphatic rings. The summed E-state index contributed by atoms with van der Waals surface area (Å²) in [7, 11) is 0. The third kappa shape index (κ3) is 9.86. The Morgan fingerprint density at radius 1 is 0.880 bits per heavy atom. The summed E-state index contributed by atoms with van der Waals surface area (Å²) in [4.78, 5) is 69.9. The first-order valence-electron chi connectivity index (χ1n) is 17.6. The fraction of sp³-hybridized carbons (Fsp3) is 0.658. The van der Waals surface area contributed by atoms with Gasteiger partial charge in [-0.25, -0.2) is 9.59 Å². The number of nitrogens with zero attached hydrogens (tertiary/aromatic N) is 2. The van der Waals surface area contributed by atoms with Crippen molar-refractivity contribution in [2.75, 3.05) is 19.6 Å². The number of amides is 3. The van der Waals surface area contributed by atoms with Gasteiger partial charge in [0.2, 0.25) is 11.8 Å². The third-order valence-electron chi connectivity index (χ3n) is 8.93. The number of carbonyl (C=O) groups is 5. The van der Waals surface area contributed by atoms with Crippen molar-refractivity contribution < 1.29 is 33.4 Å². The first kappa shape index (κ1) is 38.9. The van der Waals surface area contributed by atoms with Crippen LogP contribution in [-0.4, -0.2) is 87.7 Å². The maximum Gasteiger partial charge on any atom is 0.419 e. The van der Waals surface area contributed by atoms with E-state index in [0.717, 1.165) is 5.39 Å². The predicted molar refractivity (Wildman–Crippen MR) is 192 cm³/mol. The second-order valence-electron chi connectivity index (χ2n) is 17.6. The van der Waals surface area contributed by atoms with Crippen LogP contribution < -0.4 is 16.0 Å². The molecule has 3 N–H and O–H groups in total. The number of aromatic nitrogens is 1. The van der Waals surface area contributed by atoms with Gasteiger partial charge in [-0.15, -0.1) is 0 Å². The lowest BCUT2D eigenvalue weighted by atomic mass is 9.82. The number of hydrogen-bond acceptors (Lipinski definition) is 8. The quantitative estimate of drug-likeness (QED) is 0.396. The van der Waals surface area contributed by atoms with E-state index in [1.807, 2.05) is 58.9 Å². The van der Waals surface area contributed by atoms with Crippen molar-refractivity contribution >= 4 is 40.7 Å². The zero-order valence-electron chi connectivity index (χ0n) is 31.7. The van der Waals surface area contributed by atoms with Crippen molar-refractivity contribution in [2.24, 2.45) is 17.3 Å². The fourth-order valence-electron chi connectivity index (χ4n) is 6.58. The van der Waals surface area contributed by atoms with Gasteiger partial charge in [-0.2, -0.15) is 0 Å². The first-order valence-corrected chi connectivity index (χ1v) is 17.6. The molecule has 12 nitrogen and oxygen atoms in total. The molecule has 0 unspecified atom stereocenters. The highest BCUT2D eigenvalue weighted by molar-refractivity contribution is 5.96. The van der Waals surface area contributed by atoms with Crippen LogP contribution >= 0.6 is 0 Å². The molecule has 2 aromatic rings. The molecule has 12 heteroatoms. The first-order chi connectivity index (χ1) is 23.0. The molecular formula is C38H57N5O7. The van der Waals surface area contributed by atoms with Gasteiger partial charge >= 0.3 is 12.2 Å². The van der Waals surface area contributed by atoms with E-state index in [9.17, 15) is 24.0 Å². The van der Waals surface area contributed by atoms with E-state index >= 15 is 0 Å². The maximum absolute atomic E-state index is 14.3. The minimum atomic E-state index is -0.978. The van der Waals surface area contributed by atoms with Crippen molar-refractivity contribution in [3.8, 4) is 0 Å². The molecule has 50 heavy (non-hydrogen) atoms. The summed E-state index contributed by atoms with van der Waals surface area (Å²) in [6, 6.07) is 5.64. The Labute approximate surface area is 296 Å². The monoisotopic (exact) mass is 695 g/mol. The van der Waals surface area contributed by atoms with Crippen LogP contribution in [-0.2, 0) is 30.3 Å². The lowest BCUT2D eigenvalue weighted by Gasteiger charge is -2.52. The summed E-state index contributed by atoms with van der Waals surface area (Å²) in [5.41, 5.74) is -1.16. The SMILES string of the molecule is CC(C)[C@@H]1CC(=O)[C@H](Cc2cn(C(=O)OC(C)(C)C)c3ccccc23)NC(=O)[C@H](CC(C)(C)C)NC2(CNC1=O)CN(C(=O)OC(C)(C)C)C2. The molecule has 2 fully saturated rings. The van der Waals surface area contributed by atoms with E-state index in [1.54, 1.807) is 52.6 Å². The number of Topliss-reactive ketones (excluding diaryl/α,β-unsaturated/α-hetero) is 1. The summed E-state index contributed by atoms with van der Waals surface area (Å²) < 4.78 is 12.7. The number of ketones is 1. The van der Waals surface area contributed by atoms with Gasteiger partial charge in [-0.05, 0) is 70.9 Å². The van der Waals surface area contributed by atoms with Crippen LogP contribution in [0.15, 0.2) is 30.5 Å². The van der Waals surface area contributed by atoms with Gasteiger partial charge in [-0.3, -0.25) is 24.3 Å². The Kier molecular flexibility index (Phi) is 11.2. The second kappa shape index (κ2) is 14.4. The molecule has 0 bridgehead atoms. The standard InChI is InChI=1S/C38H57N5O7/c1-23(2)26-17-30(44)27(16-24-19-43(34(48)50-37(9,10)11)29-15-13-12-14-25(24)29)40-32(46)28(18-35(3,4)5)41-38(20-39-31(26)45)21-42(22-38)33(47)49-36(6,7)8/h12-15,19,23,26-28,41H,16-18,20-22H2,1-11H3,(H,39,45)(H,40,46)/t26-,27-,28-/m0/s1. The van der Waals surface area contributed by atoms with Crippen LogP contribution in [0.2, 0.25) is 0 Å². The molecule has 4 rings (SSSR count). The molecule has 0 saturated carbocycles. The van der Waals surface area contributed by atoms with Crippen molar-refractivity contribution in [1.29, 1.82) is 0 Å². The second-order valence-corrected chi connectivity index (χ2v) is 17.6. The molecule has 3 amide bonds. The van der Waals surface area contributed by atoms with Crippen molar-refractivity contribution in [1.82, 2.24) is 25.4 Å². The molecule has 276 valence electrons. The van der Waals surface area contributed by atoms with E-state index in [1.165, 1.54) is 4.57 Å². The molecule has 2 aliphatic heterocycles. The van der Waals surface area contributed by atoms with Gasteiger partial charge in [-0.1, -0.05) is 52.8 Å². The summed E-state index contributed by atoms with van der Waals surface area (Å²) >= 11 is 0. The molecule has 1 aromatic carbocycles. The van der Waals surface area contributed by atoms with Crippen LogP contribution in [0.4, 0.5) is 9.59 Å². The normalized spacial score (nSPS) is 22.4. The Balaban J connectivity index is 1.71. The molecule has 3 atom stereocenters. The van der Waals surface area contributed by atoms with Crippen LogP contribution in [0.5, 0.6) is 0 Å². The lowest BCUT2D eigenvalue weighted by molar-refractivity contribution is -0.135. The van der Waals surface area contributed by atoms with Crippen molar-refractivity contribution in [3.63, 3.8) is 0 Å². The predicted octanol–water partition coefficient (Wildman–Crippen LogP) is 5.20. The molecule has 3 heterocycles. The van der Waals surface area contributed by atoms with Crippen molar-refractivity contribution in [3.05, 3.63) is 36.0 Å². The number of nitrogens with one attached hydrogen (secondary N) is 3. The zero-order valence-corrected chi connectivity index (χ0v) is 31.7. The summed E-state index contributed by atoms with van der Waals surface area (Å²) in [6.07, 6.45) is 1.11. The molecule has 1 spiro atoms. The van der Waals surface area contributed by atoms with Gasteiger partial charge in [0.1, 0.15) is 11.2 Å². The minimum Gasteiger partial charge on any atom is -0.444 e. The average Bonchev–Trinajstić information content (AvgIpc) is 3.31. The Morgan fingerprint density at radius 3 is 2.06 bits per heavy atom. The molecular weight excluding hydrogens is 638 g/mol. The largest absolute Gasteiger partial charge is 0.444 e. The van der Waals surface area contributed by atoms with Crippen LogP contribution in [0.1, 0.15) is 94.6 Å². The van der Waals surface area contributed by atoms with Gasteiger partial charge in [0.05, 0.1) is 23.1 Å². The van der Waals surface area contributed by atoms with Gasteiger partial charge in [0, 0.05) is 50.0 Å². The summed E-state index contributed by atoms with van der Waals surface area (Å²) in [6.45, 7) is 21.3. The highest BCUT2D eigenvalue weighted by atomic mass is 16.6. The van der Waals surface area contributed by atoms with Crippen LogP contribution in [0.3, 0.4) is 0 Å². The fourth-order valence-corrected chi connectivity index (χ4v) is 6.58. The van der Waals surface area contributed by atoms with Gasteiger partial charge < -0.3 is 25.0 Å². The topological polar surface area (TPSA) is 148 Å². The van der Waals surface area contributed by atoms with E-state index in [-0.39, 0.29) is 61.4 Å². The highest BCUT2D eigenvalue weighted by Gasteiger charge is 2.49. The van der Waals surface area contributed by atoms with Gasteiger partial charge in [0.15, 0.2) is 5.78 Å². The van der Waals surface area contributed by atoms with E-state index in [0.29, 0.717) is 17.5 Å². The molecule has 0 radical (unpaired) electrons. The molecule has 1 aromatic heterocycles. The minimum absolute atomic E-state index is 0.0758. The van der Waals surface area contributed by atoms with Gasteiger partial charge in [0.25, 0.3) is 0 Å². The van der Waals surface area contributed by atoms with Crippen molar-refractivity contribution in [2.45, 2.75) is 124 Å².